The van der Waals surface area contributed by atoms with Crippen molar-refractivity contribution >= 4 is 11.8 Å². The van der Waals surface area contributed by atoms with Gasteiger partial charge in [-0.05, 0) is 42.3 Å². The van der Waals surface area contributed by atoms with E-state index >= 15 is 0 Å². The van der Waals surface area contributed by atoms with E-state index in [2.05, 4.69) is 10.6 Å². The maximum Gasteiger partial charge on any atom is 0.319 e. The van der Waals surface area contributed by atoms with Crippen molar-refractivity contribution in [2.24, 2.45) is 0 Å². The first-order chi connectivity index (χ1) is 16.0. The van der Waals surface area contributed by atoms with Crippen LogP contribution in [0.4, 0.5) is 9.18 Å². The molecule has 0 radical (unpaired) electrons. The average Bonchev–Trinajstić information content (AvgIpc) is 2.83. The molecule has 3 aromatic carbocycles. The Bertz CT molecular complexity index is 1210. The van der Waals surface area contributed by atoms with Gasteiger partial charge in [0.2, 0.25) is 0 Å². The molecule has 0 aliphatic carbocycles. The molecule has 0 fully saturated rings. The van der Waals surface area contributed by atoms with Crippen LogP contribution < -0.4 is 20.1 Å². The molecule has 6 nitrogen and oxygen atoms in total. The fourth-order valence-corrected chi connectivity index (χ4v) is 3.71. The van der Waals surface area contributed by atoms with Gasteiger partial charge < -0.3 is 20.1 Å². The Hall–Kier alpha value is -4.13. The van der Waals surface area contributed by atoms with Gasteiger partial charge in [0.1, 0.15) is 12.4 Å². The summed E-state index contributed by atoms with van der Waals surface area (Å²) in [7, 11) is 1.52. The fourth-order valence-electron chi connectivity index (χ4n) is 3.71. The van der Waals surface area contributed by atoms with E-state index in [0.29, 0.717) is 33.9 Å². The number of urea groups is 1. The number of rotatable bonds is 7. The second kappa shape index (κ2) is 9.56. The predicted octanol–water partition coefficient (Wildman–Crippen LogP) is 4.92. The summed E-state index contributed by atoms with van der Waals surface area (Å²) in [6.45, 7) is 1.94. The molecule has 7 heteroatoms. The zero-order valence-corrected chi connectivity index (χ0v) is 18.2. The lowest BCUT2D eigenvalue weighted by Crippen LogP contribution is -2.45. The Morgan fingerprint density at radius 2 is 1.73 bits per heavy atom. The Labute approximate surface area is 191 Å². The topological polar surface area (TPSA) is 76.7 Å². The SMILES string of the molecule is COc1cc([C@@H]2NC(=O)NC(C)=C2C(=O)c2ccccc2)ccc1OCc1ccc(F)cc1. The molecule has 2 N–H and O–H groups in total. The smallest absolute Gasteiger partial charge is 0.319 e. The number of methoxy groups -OCH3 is 1. The number of carbonyl (C=O) groups excluding carboxylic acids is 2. The Morgan fingerprint density at radius 1 is 1.00 bits per heavy atom. The van der Waals surface area contributed by atoms with Crippen molar-refractivity contribution in [2.75, 3.05) is 7.11 Å². The van der Waals surface area contributed by atoms with Crippen molar-refractivity contribution in [1.29, 1.82) is 0 Å². The molecule has 0 saturated heterocycles. The number of allylic oxidation sites excluding steroid dienone is 1. The molecule has 1 atom stereocenters. The second-order valence-corrected chi connectivity index (χ2v) is 7.59. The van der Waals surface area contributed by atoms with Crippen LogP contribution in [0.5, 0.6) is 11.5 Å². The summed E-state index contributed by atoms with van der Waals surface area (Å²) >= 11 is 0. The predicted molar refractivity (Wildman–Crippen MR) is 122 cm³/mol. The van der Waals surface area contributed by atoms with E-state index in [9.17, 15) is 14.0 Å². The highest BCUT2D eigenvalue weighted by Crippen LogP contribution is 2.35. The van der Waals surface area contributed by atoms with Crippen molar-refractivity contribution < 1.29 is 23.5 Å². The molecule has 168 valence electrons. The molecule has 3 aromatic rings. The minimum atomic E-state index is -0.661. The number of ketones is 1. The van der Waals surface area contributed by atoms with Crippen molar-refractivity contribution in [2.45, 2.75) is 19.6 Å². The van der Waals surface area contributed by atoms with Gasteiger partial charge in [0.15, 0.2) is 17.3 Å². The van der Waals surface area contributed by atoms with Crippen molar-refractivity contribution in [3.05, 3.63) is 107 Å². The third-order valence-corrected chi connectivity index (χ3v) is 5.38. The number of carbonyl (C=O) groups is 2. The van der Waals surface area contributed by atoms with E-state index in [-0.39, 0.29) is 18.2 Å². The van der Waals surface area contributed by atoms with E-state index < -0.39 is 12.1 Å². The fraction of sp³-hybridized carbons (Fsp3) is 0.154. The standard InChI is InChI=1S/C26H23FN2O4/c1-16-23(25(30)18-6-4-3-5-7-18)24(29-26(31)28-16)19-10-13-21(22(14-19)32-2)33-15-17-8-11-20(27)12-9-17/h3-14,24H,15H2,1-2H3,(H2,28,29,31)/t24-/m0/s1. The highest BCUT2D eigenvalue weighted by Gasteiger charge is 2.32. The van der Waals surface area contributed by atoms with Crippen LogP contribution in [0.15, 0.2) is 84.1 Å². The van der Waals surface area contributed by atoms with Crippen LogP contribution in [0.1, 0.15) is 34.5 Å². The van der Waals surface area contributed by atoms with Gasteiger partial charge in [-0.25, -0.2) is 9.18 Å². The average molecular weight is 446 g/mol. The minimum absolute atomic E-state index is 0.179. The summed E-state index contributed by atoms with van der Waals surface area (Å²) in [6.07, 6.45) is 0. The third-order valence-electron chi connectivity index (χ3n) is 5.38. The molecule has 2 amide bonds. The number of halogens is 1. The number of amides is 2. The van der Waals surface area contributed by atoms with Crippen LogP contribution in [0.2, 0.25) is 0 Å². The van der Waals surface area contributed by atoms with Gasteiger partial charge in [-0.3, -0.25) is 4.79 Å². The van der Waals surface area contributed by atoms with Gasteiger partial charge in [-0.15, -0.1) is 0 Å². The molecule has 1 aliphatic heterocycles. The van der Waals surface area contributed by atoms with Crippen molar-refractivity contribution in [3.63, 3.8) is 0 Å². The van der Waals surface area contributed by atoms with Gasteiger partial charge in [0.05, 0.1) is 13.2 Å². The van der Waals surface area contributed by atoms with Crippen molar-refractivity contribution in [3.8, 4) is 11.5 Å². The maximum atomic E-state index is 13.3. The molecular formula is C26H23FN2O4. The number of benzene rings is 3. The van der Waals surface area contributed by atoms with Gasteiger partial charge in [0, 0.05) is 16.8 Å². The summed E-state index contributed by atoms with van der Waals surface area (Å²) in [5.41, 5.74) is 2.95. The molecule has 33 heavy (non-hydrogen) atoms. The zero-order chi connectivity index (χ0) is 23.4. The lowest BCUT2D eigenvalue weighted by Gasteiger charge is -2.29. The molecule has 0 saturated carbocycles. The van der Waals surface area contributed by atoms with E-state index in [4.69, 9.17) is 9.47 Å². The van der Waals surface area contributed by atoms with Crippen LogP contribution in [0.25, 0.3) is 0 Å². The number of hydrogen-bond acceptors (Lipinski definition) is 4. The first-order valence-corrected chi connectivity index (χ1v) is 10.4. The van der Waals surface area contributed by atoms with Gasteiger partial charge in [0.25, 0.3) is 0 Å². The minimum Gasteiger partial charge on any atom is -0.493 e. The first-order valence-electron chi connectivity index (χ1n) is 10.4. The monoisotopic (exact) mass is 446 g/mol. The maximum absolute atomic E-state index is 13.3. The zero-order valence-electron chi connectivity index (χ0n) is 18.2. The van der Waals surface area contributed by atoms with Gasteiger partial charge in [-0.1, -0.05) is 48.5 Å². The summed E-state index contributed by atoms with van der Waals surface area (Å²) in [4.78, 5) is 25.5. The second-order valence-electron chi connectivity index (χ2n) is 7.59. The van der Waals surface area contributed by atoms with E-state index in [0.717, 1.165) is 5.56 Å². The number of hydrogen-bond donors (Lipinski definition) is 2. The van der Waals surface area contributed by atoms with Crippen LogP contribution in [0.3, 0.4) is 0 Å². The van der Waals surface area contributed by atoms with Gasteiger partial charge >= 0.3 is 6.03 Å². The van der Waals surface area contributed by atoms with Gasteiger partial charge in [-0.2, -0.15) is 0 Å². The van der Waals surface area contributed by atoms with Crippen LogP contribution in [-0.4, -0.2) is 18.9 Å². The quantitative estimate of drug-likeness (QED) is 0.505. The van der Waals surface area contributed by atoms with E-state index in [1.807, 2.05) is 6.07 Å². The lowest BCUT2D eigenvalue weighted by molar-refractivity contribution is 0.102. The molecule has 0 bridgehead atoms. The largest absolute Gasteiger partial charge is 0.493 e. The first kappa shape index (κ1) is 22.1. The molecule has 4 rings (SSSR count). The Kier molecular flexibility index (Phi) is 6.40. The Balaban J connectivity index is 1.63. The van der Waals surface area contributed by atoms with E-state index in [1.54, 1.807) is 61.5 Å². The number of nitrogens with one attached hydrogen (secondary N) is 2. The van der Waals surface area contributed by atoms with Crippen LogP contribution >= 0.6 is 0 Å². The summed E-state index contributed by atoms with van der Waals surface area (Å²) < 4.78 is 24.5. The molecular weight excluding hydrogens is 423 g/mol. The summed E-state index contributed by atoms with van der Waals surface area (Å²) in [5, 5.41) is 5.53. The Morgan fingerprint density at radius 3 is 2.42 bits per heavy atom. The molecule has 0 spiro atoms. The summed E-state index contributed by atoms with van der Waals surface area (Å²) in [6, 6.07) is 19.1. The van der Waals surface area contributed by atoms with Crippen LogP contribution in [-0.2, 0) is 6.61 Å². The lowest BCUT2D eigenvalue weighted by atomic mass is 9.89. The number of ether oxygens (including phenoxy) is 2. The molecule has 1 heterocycles. The highest BCUT2D eigenvalue weighted by atomic mass is 19.1. The molecule has 0 aromatic heterocycles. The summed E-state index contributed by atoms with van der Waals surface area (Å²) in [5.74, 6) is 0.448. The highest BCUT2D eigenvalue weighted by molar-refractivity contribution is 6.11. The van der Waals surface area contributed by atoms with E-state index in [1.165, 1.54) is 19.2 Å². The van der Waals surface area contributed by atoms with Crippen molar-refractivity contribution in [1.82, 2.24) is 10.6 Å². The van der Waals surface area contributed by atoms with Crippen LogP contribution in [0, 0.1) is 5.82 Å². The third kappa shape index (κ3) is 4.87. The molecule has 1 aliphatic rings. The normalized spacial score (nSPS) is 15.5. The molecule has 0 unspecified atom stereocenters. The number of Topliss-reactive ketones (excluding diaryl/α,β-unsaturated/α-hetero) is 1.